The number of ether oxygens (including phenoxy) is 1. The Labute approximate surface area is 197 Å². The SMILES string of the molecule is CC1COCC(C)N1CCCCCC1(C(=N)N)C=CC=C(C2CNc3ccccc3C2)C1=O. The first-order valence-corrected chi connectivity index (χ1v) is 12.4. The molecular weight excluding hydrogens is 412 g/mol. The van der Waals surface area contributed by atoms with E-state index in [0.29, 0.717) is 18.5 Å². The summed E-state index contributed by atoms with van der Waals surface area (Å²) in [6.07, 6.45) is 10.1. The van der Waals surface area contributed by atoms with Crippen LogP contribution in [0.25, 0.3) is 0 Å². The fraction of sp³-hybridized carbons (Fsp3) is 0.556. The number of hydrogen-bond donors (Lipinski definition) is 3. The van der Waals surface area contributed by atoms with Gasteiger partial charge in [-0.2, -0.15) is 0 Å². The van der Waals surface area contributed by atoms with Crippen LogP contribution in [0.15, 0.2) is 48.1 Å². The molecule has 6 nitrogen and oxygen atoms in total. The van der Waals surface area contributed by atoms with E-state index in [0.717, 1.165) is 63.2 Å². The van der Waals surface area contributed by atoms with Crippen LogP contribution in [0.5, 0.6) is 0 Å². The molecule has 0 spiro atoms. The van der Waals surface area contributed by atoms with E-state index in [2.05, 4.69) is 36.2 Å². The normalized spacial score (nSPS) is 29.8. The molecule has 4 unspecified atom stereocenters. The number of amidine groups is 1. The van der Waals surface area contributed by atoms with E-state index in [1.807, 2.05) is 30.4 Å². The Morgan fingerprint density at radius 3 is 2.73 bits per heavy atom. The van der Waals surface area contributed by atoms with Crippen LogP contribution in [0.4, 0.5) is 5.69 Å². The van der Waals surface area contributed by atoms with Crippen molar-refractivity contribution in [3.05, 3.63) is 53.6 Å². The van der Waals surface area contributed by atoms with Crippen LogP contribution < -0.4 is 11.1 Å². The van der Waals surface area contributed by atoms with Crippen LogP contribution in [0, 0.1) is 16.7 Å². The summed E-state index contributed by atoms with van der Waals surface area (Å²) >= 11 is 0. The molecular formula is C27H38N4O2. The molecule has 1 aromatic carbocycles. The lowest BCUT2D eigenvalue weighted by Crippen LogP contribution is -2.49. The molecule has 4 N–H and O–H groups in total. The number of fused-ring (bicyclic) bond motifs is 1. The minimum atomic E-state index is -0.999. The van der Waals surface area contributed by atoms with Gasteiger partial charge in [0.15, 0.2) is 5.78 Å². The molecule has 0 aromatic heterocycles. The van der Waals surface area contributed by atoms with E-state index < -0.39 is 5.41 Å². The summed E-state index contributed by atoms with van der Waals surface area (Å²) in [6, 6.07) is 9.16. The third-order valence-corrected chi connectivity index (χ3v) is 7.60. The van der Waals surface area contributed by atoms with E-state index in [9.17, 15) is 4.79 Å². The smallest absolute Gasteiger partial charge is 0.176 e. The van der Waals surface area contributed by atoms with Gasteiger partial charge in [0.1, 0.15) is 11.3 Å². The van der Waals surface area contributed by atoms with Crippen molar-refractivity contribution in [2.45, 2.75) is 58.0 Å². The number of hydrogen-bond acceptors (Lipinski definition) is 5. The quantitative estimate of drug-likeness (QED) is 0.317. The van der Waals surface area contributed by atoms with Crippen LogP contribution in [-0.4, -0.2) is 54.9 Å². The van der Waals surface area contributed by atoms with Crippen LogP contribution in [0.1, 0.15) is 45.1 Å². The first-order valence-electron chi connectivity index (χ1n) is 12.4. The Kier molecular flexibility index (Phi) is 7.35. The molecule has 6 heteroatoms. The fourth-order valence-corrected chi connectivity index (χ4v) is 5.60. The average Bonchev–Trinajstić information content (AvgIpc) is 2.81. The highest BCUT2D eigenvalue weighted by atomic mass is 16.5. The lowest BCUT2D eigenvalue weighted by molar-refractivity contribution is -0.120. The van der Waals surface area contributed by atoms with Crippen molar-refractivity contribution in [1.29, 1.82) is 5.41 Å². The number of carbonyl (C=O) groups is 1. The van der Waals surface area contributed by atoms with Crippen molar-refractivity contribution in [3.8, 4) is 0 Å². The third kappa shape index (κ3) is 4.92. The molecule has 1 aliphatic carbocycles. The predicted octanol–water partition coefficient (Wildman–Crippen LogP) is 3.93. The van der Waals surface area contributed by atoms with Crippen LogP contribution in [-0.2, 0) is 16.0 Å². The Morgan fingerprint density at radius 2 is 1.97 bits per heavy atom. The number of carbonyl (C=O) groups excluding carboxylic acids is 1. The van der Waals surface area contributed by atoms with Crippen molar-refractivity contribution >= 4 is 17.3 Å². The fourth-order valence-electron chi connectivity index (χ4n) is 5.60. The number of unbranched alkanes of at least 4 members (excludes halogenated alkanes) is 2. The van der Waals surface area contributed by atoms with Crippen LogP contribution >= 0.6 is 0 Å². The second-order valence-corrected chi connectivity index (χ2v) is 9.92. The van der Waals surface area contributed by atoms with Gasteiger partial charge in [0.05, 0.1) is 13.2 Å². The molecule has 33 heavy (non-hydrogen) atoms. The van der Waals surface area contributed by atoms with Gasteiger partial charge in [-0.1, -0.05) is 49.3 Å². The Balaban J connectivity index is 1.36. The number of para-hydroxylation sites is 1. The molecule has 4 rings (SSSR count). The number of ketones is 1. The number of nitrogens with two attached hydrogens (primary N) is 1. The van der Waals surface area contributed by atoms with E-state index in [1.54, 1.807) is 0 Å². The lowest BCUT2D eigenvalue weighted by atomic mass is 9.69. The van der Waals surface area contributed by atoms with Crippen molar-refractivity contribution < 1.29 is 9.53 Å². The van der Waals surface area contributed by atoms with Crippen molar-refractivity contribution in [3.63, 3.8) is 0 Å². The maximum atomic E-state index is 13.7. The topological polar surface area (TPSA) is 91.4 Å². The summed E-state index contributed by atoms with van der Waals surface area (Å²) in [5.41, 5.74) is 8.25. The van der Waals surface area contributed by atoms with E-state index in [1.165, 1.54) is 5.56 Å². The van der Waals surface area contributed by atoms with Gasteiger partial charge in [-0.05, 0) is 51.3 Å². The van der Waals surface area contributed by atoms with Crippen molar-refractivity contribution in [1.82, 2.24) is 4.90 Å². The second-order valence-electron chi connectivity index (χ2n) is 9.92. The molecule has 178 valence electrons. The summed E-state index contributed by atoms with van der Waals surface area (Å²) in [5.74, 6) is 0.0772. The van der Waals surface area contributed by atoms with Crippen molar-refractivity contribution in [2.24, 2.45) is 17.1 Å². The van der Waals surface area contributed by atoms with Gasteiger partial charge in [0, 0.05) is 35.8 Å². The van der Waals surface area contributed by atoms with Crippen LogP contribution in [0.3, 0.4) is 0 Å². The van der Waals surface area contributed by atoms with Gasteiger partial charge < -0.3 is 15.8 Å². The van der Waals surface area contributed by atoms with Gasteiger partial charge in [-0.15, -0.1) is 0 Å². The minimum absolute atomic E-state index is 0.0131. The molecule has 0 saturated carbocycles. The van der Waals surface area contributed by atoms with Gasteiger partial charge >= 0.3 is 0 Å². The number of nitrogens with one attached hydrogen (secondary N) is 2. The van der Waals surface area contributed by atoms with E-state index >= 15 is 0 Å². The largest absolute Gasteiger partial charge is 0.387 e. The summed E-state index contributed by atoms with van der Waals surface area (Å²) < 4.78 is 5.63. The molecule has 1 aromatic rings. The van der Waals surface area contributed by atoms with Crippen LogP contribution in [0.2, 0.25) is 0 Å². The first kappa shape index (κ1) is 23.7. The third-order valence-electron chi connectivity index (χ3n) is 7.60. The Bertz CT molecular complexity index is 930. The minimum Gasteiger partial charge on any atom is -0.387 e. The lowest BCUT2D eigenvalue weighted by Gasteiger charge is -2.39. The number of anilines is 1. The molecule has 2 heterocycles. The molecule has 0 amide bonds. The summed E-state index contributed by atoms with van der Waals surface area (Å²) in [4.78, 5) is 16.2. The van der Waals surface area contributed by atoms with Gasteiger partial charge in [-0.3, -0.25) is 15.1 Å². The summed E-state index contributed by atoms with van der Waals surface area (Å²) in [6.45, 7) is 7.81. The second kappa shape index (κ2) is 10.2. The number of Topliss-reactive ketones (excluding diaryl/α,β-unsaturated/α-hetero) is 1. The summed E-state index contributed by atoms with van der Waals surface area (Å²) in [5, 5.41) is 11.8. The number of rotatable bonds is 8. The van der Waals surface area contributed by atoms with E-state index in [-0.39, 0.29) is 17.5 Å². The monoisotopic (exact) mass is 450 g/mol. The highest BCUT2D eigenvalue weighted by molar-refractivity contribution is 6.17. The Hall–Kier alpha value is -2.44. The molecule has 1 fully saturated rings. The number of morpholine rings is 1. The molecule has 0 radical (unpaired) electrons. The zero-order chi connectivity index (χ0) is 23.4. The standard InChI is InChI=1S/C27H38N4O2/c1-19-17-33-18-20(2)31(19)14-7-3-6-12-27(26(28)29)13-8-10-23(25(27)32)22-15-21-9-4-5-11-24(21)30-16-22/h4-5,8-11,13,19-20,22,30H,3,6-7,12,14-18H2,1-2H3,(H3,28,29). The zero-order valence-electron chi connectivity index (χ0n) is 20.0. The van der Waals surface area contributed by atoms with Gasteiger partial charge in [-0.25, -0.2) is 0 Å². The summed E-state index contributed by atoms with van der Waals surface area (Å²) in [7, 11) is 0. The van der Waals surface area contributed by atoms with Crippen molar-refractivity contribution in [2.75, 3.05) is 31.6 Å². The molecule has 3 aliphatic rings. The van der Waals surface area contributed by atoms with E-state index in [4.69, 9.17) is 15.9 Å². The molecule has 0 bridgehead atoms. The molecule has 2 aliphatic heterocycles. The first-order chi connectivity index (χ1) is 15.9. The zero-order valence-corrected chi connectivity index (χ0v) is 20.0. The number of nitrogens with zero attached hydrogens (tertiary/aromatic N) is 1. The Morgan fingerprint density at radius 1 is 1.21 bits per heavy atom. The maximum Gasteiger partial charge on any atom is 0.176 e. The molecule has 1 saturated heterocycles. The average molecular weight is 451 g/mol. The molecule has 4 atom stereocenters. The number of benzene rings is 1. The van der Waals surface area contributed by atoms with Gasteiger partial charge in [0.25, 0.3) is 0 Å². The predicted molar refractivity (Wildman–Crippen MR) is 134 cm³/mol. The number of allylic oxidation sites excluding steroid dienone is 2. The highest BCUT2D eigenvalue weighted by Crippen LogP contribution is 2.38. The van der Waals surface area contributed by atoms with Gasteiger partial charge in [0.2, 0.25) is 0 Å². The maximum absolute atomic E-state index is 13.7. The highest BCUT2D eigenvalue weighted by Gasteiger charge is 2.43.